The van der Waals surface area contributed by atoms with Gasteiger partial charge in [0.25, 0.3) is 5.91 Å². The fourth-order valence-corrected chi connectivity index (χ4v) is 3.07. The molecule has 1 aromatic heterocycles. The molecule has 0 spiro atoms. The number of piperidine rings is 1. The zero-order valence-electron chi connectivity index (χ0n) is 13.3. The summed E-state index contributed by atoms with van der Waals surface area (Å²) in [6.07, 6.45) is 6.54. The van der Waals surface area contributed by atoms with Crippen molar-refractivity contribution in [3.63, 3.8) is 0 Å². The first-order valence-corrected chi connectivity index (χ1v) is 8.28. The molecule has 2 aromatic rings. The van der Waals surface area contributed by atoms with Gasteiger partial charge in [0.15, 0.2) is 0 Å². The average molecular weight is 309 g/mol. The summed E-state index contributed by atoms with van der Waals surface area (Å²) in [5, 5.41) is 3.14. The van der Waals surface area contributed by atoms with E-state index in [2.05, 4.69) is 39.5 Å². The van der Waals surface area contributed by atoms with E-state index in [1.165, 1.54) is 5.56 Å². The van der Waals surface area contributed by atoms with Crippen LogP contribution in [-0.2, 0) is 6.42 Å². The van der Waals surface area contributed by atoms with Crippen LogP contribution in [0.25, 0.3) is 0 Å². The standard InChI is InChI=1S/C19H23N3O/c23-19(17-8-4-11-20-14-17)21-18-9-5-12-22(15-18)13-10-16-6-2-1-3-7-16/h1-4,6-8,11,14,18H,5,9-10,12-13,15H2,(H,21,23)/t18-/m1/s1. The van der Waals surface area contributed by atoms with Crippen molar-refractivity contribution in [3.8, 4) is 0 Å². The summed E-state index contributed by atoms with van der Waals surface area (Å²) in [4.78, 5) is 18.7. The molecular formula is C19H23N3O. The third-order valence-corrected chi connectivity index (χ3v) is 4.32. The van der Waals surface area contributed by atoms with Crippen molar-refractivity contribution in [2.75, 3.05) is 19.6 Å². The van der Waals surface area contributed by atoms with Crippen molar-refractivity contribution in [2.24, 2.45) is 0 Å². The fraction of sp³-hybridized carbons (Fsp3) is 0.368. The Labute approximate surface area is 137 Å². The summed E-state index contributed by atoms with van der Waals surface area (Å²) < 4.78 is 0. The van der Waals surface area contributed by atoms with Gasteiger partial charge in [0, 0.05) is 31.5 Å². The maximum atomic E-state index is 12.2. The number of nitrogens with zero attached hydrogens (tertiary/aromatic N) is 2. The lowest BCUT2D eigenvalue weighted by Crippen LogP contribution is -2.48. The highest BCUT2D eigenvalue weighted by Crippen LogP contribution is 2.12. The minimum absolute atomic E-state index is 0.0204. The Morgan fingerprint density at radius 1 is 1.22 bits per heavy atom. The van der Waals surface area contributed by atoms with E-state index >= 15 is 0 Å². The molecule has 23 heavy (non-hydrogen) atoms. The monoisotopic (exact) mass is 309 g/mol. The van der Waals surface area contributed by atoms with Gasteiger partial charge in [0.1, 0.15) is 0 Å². The Morgan fingerprint density at radius 2 is 2.09 bits per heavy atom. The van der Waals surface area contributed by atoms with E-state index in [0.29, 0.717) is 5.56 Å². The number of likely N-dealkylation sites (tertiary alicyclic amines) is 1. The topological polar surface area (TPSA) is 45.2 Å². The van der Waals surface area contributed by atoms with E-state index in [4.69, 9.17) is 0 Å². The van der Waals surface area contributed by atoms with Crippen LogP contribution in [0.5, 0.6) is 0 Å². The first-order valence-electron chi connectivity index (χ1n) is 8.28. The highest BCUT2D eigenvalue weighted by atomic mass is 16.1. The predicted molar refractivity (Wildman–Crippen MR) is 91.3 cm³/mol. The van der Waals surface area contributed by atoms with E-state index in [9.17, 15) is 4.79 Å². The molecular weight excluding hydrogens is 286 g/mol. The van der Waals surface area contributed by atoms with Gasteiger partial charge >= 0.3 is 0 Å². The van der Waals surface area contributed by atoms with Crippen molar-refractivity contribution in [2.45, 2.75) is 25.3 Å². The Bertz CT molecular complexity index is 615. The molecule has 1 N–H and O–H groups in total. The number of benzene rings is 1. The molecule has 0 radical (unpaired) electrons. The number of carbonyl (C=O) groups is 1. The van der Waals surface area contributed by atoms with Gasteiger partial charge < -0.3 is 10.2 Å². The molecule has 2 heterocycles. The first-order chi connectivity index (χ1) is 11.3. The van der Waals surface area contributed by atoms with Gasteiger partial charge in [-0.25, -0.2) is 0 Å². The van der Waals surface area contributed by atoms with Crippen molar-refractivity contribution < 1.29 is 4.79 Å². The summed E-state index contributed by atoms with van der Waals surface area (Å²) in [7, 11) is 0. The van der Waals surface area contributed by atoms with E-state index in [0.717, 1.165) is 38.9 Å². The maximum absolute atomic E-state index is 12.2. The second-order valence-corrected chi connectivity index (χ2v) is 6.09. The summed E-state index contributed by atoms with van der Waals surface area (Å²) in [6, 6.07) is 14.4. The smallest absolute Gasteiger partial charge is 0.253 e. The van der Waals surface area contributed by atoms with Gasteiger partial charge in [0.2, 0.25) is 0 Å². The van der Waals surface area contributed by atoms with E-state index < -0.39 is 0 Å². The summed E-state index contributed by atoms with van der Waals surface area (Å²) in [5.41, 5.74) is 2.00. The van der Waals surface area contributed by atoms with Crippen LogP contribution in [0, 0.1) is 0 Å². The van der Waals surface area contributed by atoms with Gasteiger partial charge in [-0.05, 0) is 43.5 Å². The van der Waals surface area contributed by atoms with Crippen molar-refractivity contribution in [1.82, 2.24) is 15.2 Å². The Balaban J connectivity index is 1.49. The molecule has 1 aromatic carbocycles. The molecule has 4 heteroatoms. The molecule has 0 bridgehead atoms. The van der Waals surface area contributed by atoms with E-state index in [1.54, 1.807) is 24.5 Å². The normalized spacial score (nSPS) is 18.5. The molecule has 0 unspecified atom stereocenters. The third-order valence-electron chi connectivity index (χ3n) is 4.32. The van der Waals surface area contributed by atoms with Gasteiger partial charge in [-0.15, -0.1) is 0 Å². The molecule has 3 rings (SSSR count). The number of carbonyl (C=O) groups excluding carboxylic acids is 1. The molecule has 1 atom stereocenters. The molecule has 0 saturated carbocycles. The third kappa shape index (κ3) is 4.63. The van der Waals surface area contributed by atoms with E-state index in [-0.39, 0.29) is 11.9 Å². The van der Waals surface area contributed by atoms with Crippen molar-refractivity contribution in [1.29, 1.82) is 0 Å². The highest BCUT2D eigenvalue weighted by Gasteiger charge is 2.21. The molecule has 1 aliphatic heterocycles. The van der Waals surface area contributed by atoms with Gasteiger partial charge in [-0.1, -0.05) is 30.3 Å². The zero-order valence-corrected chi connectivity index (χ0v) is 13.3. The van der Waals surface area contributed by atoms with Crippen LogP contribution in [0.3, 0.4) is 0 Å². The number of hydrogen-bond donors (Lipinski definition) is 1. The van der Waals surface area contributed by atoms with E-state index in [1.807, 2.05) is 6.07 Å². The molecule has 4 nitrogen and oxygen atoms in total. The first kappa shape index (κ1) is 15.7. The van der Waals surface area contributed by atoms with Gasteiger partial charge in [0.05, 0.1) is 5.56 Å². The second-order valence-electron chi connectivity index (χ2n) is 6.09. The maximum Gasteiger partial charge on any atom is 0.253 e. The Hall–Kier alpha value is -2.20. The van der Waals surface area contributed by atoms with Crippen LogP contribution in [-0.4, -0.2) is 41.5 Å². The number of hydrogen-bond acceptors (Lipinski definition) is 3. The summed E-state index contributed by atoms with van der Waals surface area (Å²) in [6.45, 7) is 3.09. The molecule has 0 aliphatic carbocycles. The quantitative estimate of drug-likeness (QED) is 0.923. The van der Waals surface area contributed by atoms with Crippen LogP contribution >= 0.6 is 0 Å². The number of rotatable bonds is 5. The number of aromatic nitrogens is 1. The largest absolute Gasteiger partial charge is 0.348 e. The second kappa shape index (κ2) is 7.88. The highest BCUT2D eigenvalue weighted by molar-refractivity contribution is 5.94. The average Bonchev–Trinajstić information content (AvgIpc) is 2.62. The minimum Gasteiger partial charge on any atom is -0.348 e. The predicted octanol–water partition coefficient (Wildman–Crippen LogP) is 2.52. The lowest BCUT2D eigenvalue weighted by molar-refractivity contribution is 0.0904. The minimum atomic E-state index is -0.0204. The summed E-state index contributed by atoms with van der Waals surface area (Å²) in [5.74, 6) is -0.0204. The zero-order chi connectivity index (χ0) is 15.9. The lowest BCUT2D eigenvalue weighted by atomic mass is 10.0. The molecule has 1 aliphatic rings. The van der Waals surface area contributed by atoms with Crippen LogP contribution in [0.1, 0.15) is 28.8 Å². The lowest BCUT2D eigenvalue weighted by Gasteiger charge is -2.33. The SMILES string of the molecule is O=C(N[C@@H]1CCCN(CCc2ccccc2)C1)c1cccnc1. The Kier molecular flexibility index (Phi) is 5.37. The Morgan fingerprint density at radius 3 is 2.87 bits per heavy atom. The summed E-state index contributed by atoms with van der Waals surface area (Å²) >= 11 is 0. The van der Waals surface area contributed by atoms with Crippen LogP contribution in [0.4, 0.5) is 0 Å². The van der Waals surface area contributed by atoms with Gasteiger partial charge in [-0.2, -0.15) is 0 Å². The van der Waals surface area contributed by atoms with Crippen LogP contribution in [0.15, 0.2) is 54.9 Å². The fourth-order valence-electron chi connectivity index (χ4n) is 3.07. The molecule has 1 saturated heterocycles. The number of amides is 1. The molecule has 120 valence electrons. The van der Waals surface area contributed by atoms with Gasteiger partial charge in [-0.3, -0.25) is 9.78 Å². The van der Waals surface area contributed by atoms with Crippen LogP contribution in [0.2, 0.25) is 0 Å². The molecule has 1 amide bonds. The number of nitrogens with one attached hydrogen (secondary N) is 1. The van der Waals surface area contributed by atoms with Crippen LogP contribution < -0.4 is 5.32 Å². The molecule has 1 fully saturated rings. The van der Waals surface area contributed by atoms with Crippen molar-refractivity contribution in [3.05, 3.63) is 66.0 Å². The van der Waals surface area contributed by atoms with Crippen molar-refractivity contribution >= 4 is 5.91 Å². The number of pyridine rings is 1.